The van der Waals surface area contributed by atoms with Gasteiger partial charge < -0.3 is 20.5 Å². The molecule has 8 heteroatoms. The van der Waals surface area contributed by atoms with Gasteiger partial charge in [-0.1, -0.05) is 11.6 Å². The Bertz CT molecular complexity index is 347. The summed E-state index contributed by atoms with van der Waals surface area (Å²) < 4.78 is 9.64. The molecule has 0 fully saturated rings. The van der Waals surface area contributed by atoms with Gasteiger partial charge in [0.25, 0.3) is 0 Å². The van der Waals surface area contributed by atoms with Crippen LogP contribution in [0.3, 0.4) is 0 Å². The largest absolute Gasteiger partial charge is 0.447 e. The number of ether oxygens (including phenoxy) is 2. The zero-order chi connectivity index (χ0) is 12.5. The van der Waals surface area contributed by atoms with Crippen molar-refractivity contribution in [1.29, 1.82) is 0 Å². The van der Waals surface area contributed by atoms with E-state index >= 15 is 0 Å². The molecule has 0 aromatic carbocycles. The van der Waals surface area contributed by atoms with Crippen LogP contribution in [-0.4, -0.2) is 42.4 Å². The third kappa shape index (κ3) is 6.54. The van der Waals surface area contributed by atoms with Crippen molar-refractivity contribution >= 4 is 23.5 Å². The minimum absolute atomic E-state index is 0.149. The third-order valence-corrected chi connectivity index (χ3v) is 1.84. The highest BCUT2D eigenvalue weighted by Gasteiger charge is 1.96. The highest BCUT2D eigenvalue weighted by atomic mass is 35.5. The maximum absolute atomic E-state index is 10.2. The van der Waals surface area contributed by atoms with E-state index < -0.39 is 6.09 Å². The second-order valence-electron chi connectivity index (χ2n) is 2.93. The number of hydrogen-bond acceptors (Lipinski definition) is 6. The van der Waals surface area contributed by atoms with Gasteiger partial charge in [0.05, 0.1) is 25.6 Å². The first-order chi connectivity index (χ1) is 8.18. The van der Waals surface area contributed by atoms with E-state index in [1.807, 2.05) is 0 Å². The minimum Gasteiger partial charge on any atom is -0.447 e. The van der Waals surface area contributed by atoms with Crippen LogP contribution in [0.25, 0.3) is 0 Å². The van der Waals surface area contributed by atoms with Crippen LogP contribution in [-0.2, 0) is 9.47 Å². The molecule has 94 valence electrons. The summed E-state index contributed by atoms with van der Waals surface area (Å²) >= 11 is 5.58. The summed E-state index contributed by atoms with van der Waals surface area (Å²) in [5.74, 6) is 0.617. The van der Waals surface area contributed by atoms with Crippen LogP contribution in [0.2, 0.25) is 5.15 Å². The monoisotopic (exact) mass is 260 g/mol. The number of primary amides is 1. The summed E-state index contributed by atoms with van der Waals surface area (Å²) in [4.78, 5) is 18.1. The number of carbonyl (C=O) groups excluding carboxylic acids is 1. The van der Waals surface area contributed by atoms with Crippen LogP contribution in [0.5, 0.6) is 0 Å². The molecule has 0 aliphatic carbocycles. The average molecular weight is 261 g/mol. The molecule has 1 aromatic rings. The molecule has 3 N–H and O–H groups in total. The number of halogens is 1. The molecule has 0 aliphatic heterocycles. The number of hydrogen-bond donors (Lipinski definition) is 2. The lowest BCUT2D eigenvalue weighted by atomic mass is 10.6. The quantitative estimate of drug-likeness (QED) is 0.699. The Hall–Kier alpha value is -1.60. The van der Waals surface area contributed by atoms with Crippen LogP contribution in [0.4, 0.5) is 10.6 Å². The number of amides is 1. The predicted molar refractivity (Wildman–Crippen MR) is 61.9 cm³/mol. The van der Waals surface area contributed by atoms with Gasteiger partial charge >= 0.3 is 6.09 Å². The maximum Gasteiger partial charge on any atom is 0.404 e. The maximum atomic E-state index is 10.2. The van der Waals surface area contributed by atoms with E-state index in [9.17, 15) is 4.79 Å². The zero-order valence-corrected chi connectivity index (χ0v) is 9.81. The van der Waals surface area contributed by atoms with E-state index in [1.54, 1.807) is 0 Å². The van der Waals surface area contributed by atoms with E-state index in [0.717, 1.165) is 0 Å². The first kappa shape index (κ1) is 13.5. The molecule has 0 radical (unpaired) electrons. The van der Waals surface area contributed by atoms with Crippen molar-refractivity contribution < 1.29 is 14.3 Å². The van der Waals surface area contributed by atoms with E-state index in [-0.39, 0.29) is 6.61 Å². The van der Waals surface area contributed by atoms with Crippen LogP contribution >= 0.6 is 11.6 Å². The summed E-state index contributed by atoms with van der Waals surface area (Å²) in [5.41, 5.74) is 4.77. The molecule has 0 bridgehead atoms. The first-order valence-electron chi connectivity index (χ1n) is 4.90. The Balaban J connectivity index is 2.01. The van der Waals surface area contributed by atoms with Gasteiger partial charge in [0.2, 0.25) is 0 Å². The Morgan fingerprint density at radius 3 is 2.82 bits per heavy atom. The average Bonchev–Trinajstić information content (AvgIpc) is 2.30. The van der Waals surface area contributed by atoms with Crippen molar-refractivity contribution in [3.63, 3.8) is 0 Å². The van der Waals surface area contributed by atoms with Crippen molar-refractivity contribution in [3.05, 3.63) is 17.5 Å². The van der Waals surface area contributed by atoms with Crippen molar-refractivity contribution in [2.75, 3.05) is 31.7 Å². The zero-order valence-electron chi connectivity index (χ0n) is 9.06. The van der Waals surface area contributed by atoms with E-state index in [2.05, 4.69) is 20.0 Å². The molecule has 1 heterocycles. The highest BCUT2D eigenvalue weighted by Crippen LogP contribution is 2.04. The standard InChI is InChI=1S/C9H13ClN4O3/c10-7-5-14-8(6-13-7)12-1-2-16-3-4-17-9(11)15/h5-6H,1-4H2,(H2,11,15)(H,12,14). The Morgan fingerprint density at radius 1 is 1.35 bits per heavy atom. The molecule has 0 unspecified atom stereocenters. The second-order valence-corrected chi connectivity index (χ2v) is 3.32. The van der Waals surface area contributed by atoms with Gasteiger partial charge in [-0.25, -0.2) is 14.8 Å². The topological polar surface area (TPSA) is 99.4 Å². The smallest absolute Gasteiger partial charge is 0.404 e. The Morgan fingerprint density at radius 2 is 2.18 bits per heavy atom. The SMILES string of the molecule is NC(=O)OCCOCCNc1cnc(Cl)cn1. The number of nitrogens with two attached hydrogens (primary N) is 1. The normalized spacial score (nSPS) is 9.94. The lowest BCUT2D eigenvalue weighted by molar-refractivity contribution is 0.0814. The fourth-order valence-corrected chi connectivity index (χ4v) is 1.06. The van der Waals surface area contributed by atoms with Crippen LogP contribution < -0.4 is 11.1 Å². The van der Waals surface area contributed by atoms with Crippen LogP contribution in [0.1, 0.15) is 0 Å². The van der Waals surface area contributed by atoms with Crippen LogP contribution in [0.15, 0.2) is 12.4 Å². The number of anilines is 1. The molecule has 1 rings (SSSR count). The number of nitrogens with one attached hydrogen (secondary N) is 1. The van der Waals surface area contributed by atoms with Gasteiger partial charge in [0, 0.05) is 6.54 Å². The van der Waals surface area contributed by atoms with Gasteiger partial charge in [-0.05, 0) is 0 Å². The molecule has 7 nitrogen and oxygen atoms in total. The predicted octanol–water partition coefficient (Wildman–Crippen LogP) is 0.654. The van der Waals surface area contributed by atoms with Gasteiger partial charge in [0.15, 0.2) is 0 Å². The molecule has 0 spiro atoms. The minimum atomic E-state index is -0.803. The van der Waals surface area contributed by atoms with E-state index in [0.29, 0.717) is 30.7 Å². The molecule has 0 aliphatic rings. The molecule has 0 saturated heterocycles. The van der Waals surface area contributed by atoms with Crippen molar-refractivity contribution in [1.82, 2.24) is 9.97 Å². The molecule has 17 heavy (non-hydrogen) atoms. The van der Waals surface area contributed by atoms with E-state index in [1.165, 1.54) is 12.4 Å². The van der Waals surface area contributed by atoms with Gasteiger partial charge in [-0.3, -0.25) is 0 Å². The molecule has 1 aromatic heterocycles. The number of carbonyl (C=O) groups is 1. The second kappa shape index (κ2) is 7.64. The lowest BCUT2D eigenvalue weighted by Gasteiger charge is -2.06. The van der Waals surface area contributed by atoms with Gasteiger partial charge in [0.1, 0.15) is 17.6 Å². The molecule has 0 atom stereocenters. The van der Waals surface area contributed by atoms with Crippen molar-refractivity contribution in [2.45, 2.75) is 0 Å². The van der Waals surface area contributed by atoms with Crippen molar-refractivity contribution in [3.8, 4) is 0 Å². The Kier molecular flexibility index (Phi) is 6.05. The summed E-state index contributed by atoms with van der Waals surface area (Å²) in [6, 6.07) is 0. The molecular weight excluding hydrogens is 248 g/mol. The third-order valence-electron chi connectivity index (χ3n) is 1.64. The van der Waals surface area contributed by atoms with E-state index in [4.69, 9.17) is 22.1 Å². The highest BCUT2D eigenvalue weighted by molar-refractivity contribution is 6.29. The Labute approximate surface area is 103 Å². The number of nitrogens with zero attached hydrogens (tertiary/aromatic N) is 2. The first-order valence-corrected chi connectivity index (χ1v) is 5.27. The number of aromatic nitrogens is 2. The summed E-state index contributed by atoms with van der Waals surface area (Å²) in [7, 11) is 0. The van der Waals surface area contributed by atoms with Gasteiger partial charge in [-0.2, -0.15) is 0 Å². The fourth-order valence-electron chi connectivity index (χ4n) is 0.958. The molecule has 1 amide bonds. The molecule has 0 saturated carbocycles. The summed E-state index contributed by atoms with van der Waals surface area (Å²) in [5, 5.41) is 3.32. The fraction of sp³-hybridized carbons (Fsp3) is 0.444. The van der Waals surface area contributed by atoms with Gasteiger partial charge in [-0.15, -0.1) is 0 Å². The van der Waals surface area contributed by atoms with Crippen LogP contribution in [0, 0.1) is 0 Å². The van der Waals surface area contributed by atoms with Crippen molar-refractivity contribution in [2.24, 2.45) is 5.73 Å². The summed E-state index contributed by atoms with van der Waals surface area (Å²) in [6.45, 7) is 1.46. The summed E-state index contributed by atoms with van der Waals surface area (Å²) in [6.07, 6.45) is 2.17. The number of rotatable bonds is 7. The lowest BCUT2D eigenvalue weighted by Crippen LogP contribution is -2.18. The molecular formula is C9H13ClN4O3.